The monoisotopic (exact) mass is 314 g/mol. The number of nitrogens with zero attached hydrogens (tertiary/aromatic N) is 3. The number of aromatic nitrogens is 3. The quantitative estimate of drug-likeness (QED) is 0.800. The van der Waals surface area contributed by atoms with Crippen molar-refractivity contribution in [3.05, 3.63) is 46.8 Å². The van der Waals surface area contributed by atoms with E-state index in [0.29, 0.717) is 11.6 Å². The van der Waals surface area contributed by atoms with Crippen molar-refractivity contribution in [3.63, 3.8) is 0 Å². The van der Waals surface area contributed by atoms with E-state index in [1.807, 2.05) is 25.1 Å². The molecule has 0 aliphatic rings. The van der Waals surface area contributed by atoms with Gasteiger partial charge in [-0.1, -0.05) is 11.2 Å². The molecular formula is C15H14N4O2S. The van der Waals surface area contributed by atoms with E-state index in [0.717, 1.165) is 21.3 Å². The number of amides is 1. The minimum atomic E-state index is -0.146. The summed E-state index contributed by atoms with van der Waals surface area (Å²) in [7, 11) is 0. The average molecular weight is 314 g/mol. The molecule has 0 atom stereocenters. The van der Waals surface area contributed by atoms with Gasteiger partial charge in [0.05, 0.1) is 17.8 Å². The number of pyridine rings is 1. The number of nitrogens with one attached hydrogen (secondary N) is 1. The van der Waals surface area contributed by atoms with Crippen LogP contribution in [0.1, 0.15) is 16.3 Å². The Kier molecular flexibility index (Phi) is 3.97. The Morgan fingerprint density at radius 3 is 2.91 bits per heavy atom. The zero-order valence-electron chi connectivity index (χ0n) is 12.2. The largest absolute Gasteiger partial charge is 0.360 e. The van der Waals surface area contributed by atoms with Gasteiger partial charge in [-0.15, -0.1) is 11.3 Å². The molecule has 3 heterocycles. The van der Waals surface area contributed by atoms with Crippen LogP contribution in [0, 0.1) is 13.8 Å². The van der Waals surface area contributed by atoms with Crippen LogP contribution in [0.25, 0.3) is 10.7 Å². The number of anilines is 1. The highest BCUT2D eigenvalue weighted by Gasteiger charge is 2.14. The van der Waals surface area contributed by atoms with E-state index in [1.165, 1.54) is 11.3 Å². The summed E-state index contributed by atoms with van der Waals surface area (Å²) in [6.07, 6.45) is 1.98. The van der Waals surface area contributed by atoms with Gasteiger partial charge >= 0.3 is 0 Å². The van der Waals surface area contributed by atoms with Crippen LogP contribution in [0.15, 0.2) is 35.0 Å². The maximum absolute atomic E-state index is 12.1. The summed E-state index contributed by atoms with van der Waals surface area (Å²) in [4.78, 5) is 21.7. The normalized spacial score (nSPS) is 10.6. The molecule has 0 radical (unpaired) electrons. The minimum absolute atomic E-state index is 0.146. The summed E-state index contributed by atoms with van der Waals surface area (Å²) in [6.45, 7) is 3.67. The third-order valence-electron chi connectivity index (χ3n) is 2.99. The summed E-state index contributed by atoms with van der Waals surface area (Å²) in [5, 5.41) is 7.27. The maximum atomic E-state index is 12.1. The molecule has 22 heavy (non-hydrogen) atoms. The molecule has 0 aliphatic carbocycles. The molecule has 112 valence electrons. The van der Waals surface area contributed by atoms with Gasteiger partial charge in [0, 0.05) is 17.1 Å². The van der Waals surface area contributed by atoms with E-state index in [1.54, 1.807) is 19.2 Å². The molecule has 3 aromatic rings. The molecule has 3 rings (SSSR count). The number of thiazole rings is 1. The molecule has 0 spiro atoms. The van der Waals surface area contributed by atoms with Crippen LogP contribution in [0.2, 0.25) is 0 Å². The lowest BCUT2D eigenvalue weighted by atomic mass is 10.3. The van der Waals surface area contributed by atoms with Gasteiger partial charge in [0.25, 0.3) is 0 Å². The smallest absolute Gasteiger partial charge is 0.230 e. The van der Waals surface area contributed by atoms with Gasteiger partial charge in [-0.25, -0.2) is 4.98 Å². The Morgan fingerprint density at radius 2 is 2.23 bits per heavy atom. The molecular weight excluding hydrogens is 300 g/mol. The second-order valence-corrected chi connectivity index (χ2v) is 5.87. The van der Waals surface area contributed by atoms with Crippen molar-refractivity contribution in [1.82, 2.24) is 15.1 Å². The fourth-order valence-electron chi connectivity index (χ4n) is 1.95. The lowest BCUT2D eigenvalue weighted by Gasteiger charge is -1.99. The van der Waals surface area contributed by atoms with E-state index in [-0.39, 0.29) is 12.3 Å². The molecule has 1 N–H and O–H groups in total. The highest BCUT2D eigenvalue weighted by Crippen LogP contribution is 2.26. The van der Waals surface area contributed by atoms with Crippen LogP contribution >= 0.6 is 11.3 Å². The first-order valence-electron chi connectivity index (χ1n) is 6.72. The van der Waals surface area contributed by atoms with E-state index < -0.39 is 0 Å². The van der Waals surface area contributed by atoms with Crippen LogP contribution in [-0.4, -0.2) is 21.0 Å². The van der Waals surface area contributed by atoms with Crippen molar-refractivity contribution in [3.8, 4) is 10.7 Å². The molecule has 0 aliphatic heterocycles. The maximum Gasteiger partial charge on any atom is 0.230 e. The number of hydrogen-bond donors (Lipinski definition) is 1. The Balaban J connectivity index is 1.73. The lowest BCUT2D eigenvalue weighted by Crippen LogP contribution is -2.14. The van der Waals surface area contributed by atoms with E-state index in [2.05, 4.69) is 20.4 Å². The molecule has 3 aromatic heterocycles. The molecule has 0 fully saturated rings. The summed E-state index contributed by atoms with van der Waals surface area (Å²) >= 11 is 1.48. The zero-order valence-corrected chi connectivity index (χ0v) is 13.0. The number of carbonyl (C=O) groups is 1. The third-order valence-corrected chi connectivity index (χ3v) is 4.17. The number of rotatable bonds is 4. The Labute approximate surface area is 131 Å². The topological polar surface area (TPSA) is 80.9 Å². The molecule has 0 saturated heterocycles. The van der Waals surface area contributed by atoms with Crippen LogP contribution < -0.4 is 5.32 Å². The predicted molar refractivity (Wildman–Crippen MR) is 83.7 cm³/mol. The molecule has 0 unspecified atom stereocenters. The van der Waals surface area contributed by atoms with Crippen LogP contribution in [0.5, 0.6) is 0 Å². The SMILES string of the molecule is Cc1cc(NC(=O)Cc2sc(-c3ccccn3)nc2C)no1. The summed E-state index contributed by atoms with van der Waals surface area (Å²) in [5.74, 6) is 0.934. The van der Waals surface area contributed by atoms with Crippen molar-refractivity contribution >= 4 is 23.1 Å². The highest BCUT2D eigenvalue weighted by atomic mass is 32.1. The highest BCUT2D eigenvalue weighted by molar-refractivity contribution is 7.15. The second kappa shape index (κ2) is 6.07. The first-order chi connectivity index (χ1) is 10.6. The molecule has 6 nitrogen and oxygen atoms in total. The summed E-state index contributed by atoms with van der Waals surface area (Å²) < 4.78 is 4.92. The van der Waals surface area contributed by atoms with Gasteiger partial charge in [-0.2, -0.15) is 0 Å². The minimum Gasteiger partial charge on any atom is -0.360 e. The van der Waals surface area contributed by atoms with Crippen LogP contribution in [0.4, 0.5) is 5.82 Å². The Hall–Kier alpha value is -2.54. The van der Waals surface area contributed by atoms with Gasteiger partial charge in [0.2, 0.25) is 5.91 Å². The van der Waals surface area contributed by atoms with Gasteiger partial charge in [0.1, 0.15) is 10.8 Å². The van der Waals surface area contributed by atoms with Gasteiger partial charge in [-0.3, -0.25) is 9.78 Å². The summed E-state index contributed by atoms with van der Waals surface area (Å²) in [5.41, 5.74) is 1.66. The second-order valence-electron chi connectivity index (χ2n) is 4.79. The number of aryl methyl sites for hydroxylation is 2. The standard InChI is InChI=1S/C15H14N4O2S/c1-9-7-13(19-21-9)18-14(20)8-12-10(2)17-15(22-12)11-5-3-4-6-16-11/h3-7H,8H2,1-2H3,(H,18,19,20). The third kappa shape index (κ3) is 3.20. The van der Waals surface area contributed by atoms with Crippen molar-refractivity contribution in [2.24, 2.45) is 0 Å². The van der Waals surface area contributed by atoms with Crippen molar-refractivity contribution in [2.45, 2.75) is 20.3 Å². The first kappa shape index (κ1) is 14.4. The fraction of sp³-hybridized carbons (Fsp3) is 0.200. The number of hydrogen-bond acceptors (Lipinski definition) is 6. The molecule has 0 aromatic carbocycles. The van der Waals surface area contributed by atoms with Gasteiger partial charge in [-0.05, 0) is 26.0 Å². The van der Waals surface area contributed by atoms with Crippen molar-refractivity contribution in [2.75, 3.05) is 5.32 Å². The molecule has 0 saturated carbocycles. The van der Waals surface area contributed by atoms with Crippen LogP contribution in [0.3, 0.4) is 0 Å². The van der Waals surface area contributed by atoms with Gasteiger partial charge < -0.3 is 9.84 Å². The van der Waals surface area contributed by atoms with E-state index >= 15 is 0 Å². The molecule has 0 bridgehead atoms. The molecule has 7 heteroatoms. The lowest BCUT2D eigenvalue weighted by molar-refractivity contribution is -0.115. The van der Waals surface area contributed by atoms with Crippen molar-refractivity contribution < 1.29 is 9.32 Å². The van der Waals surface area contributed by atoms with Gasteiger partial charge in [0.15, 0.2) is 5.82 Å². The zero-order chi connectivity index (χ0) is 15.5. The van der Waals surface area contributed by atoms with E-state index in [4.69, 9.17) is 4.52 Å². The molecule has 1 amide bonds. The van der Waals surface area contributed by atoms with E-state index in [9.17, 15) is 4.79 Å². The Morgan fingerprint density at radius 1 is 1.36 bits per heavy atom. The summed E-state index contributed by atoms with van der Waals surface area (Å²) in [6, 6.07) is 7.35. The Bertz CT molecular complexity index is 795. The predicted octanol–water partition coefficient (Wildman–Crippen LogP) is 2.99. The average Bonchev–Trinajstić information content (AvgIpc) is 3.07. The number of carbonyl (C=O) groups excluding carboxylic acids is 1. The fourth-order valence-corrected chi connectivity index (χ4v) is 2.99. The first-order valence-corrected chi connectivity index (χ1v) is 7.54. The van der Waals surface area contributed by atoms with Crippen molar-refractivity contribution in [1.29, 1.82) is 0 Å². The van der Waals surface area contributed by atoms with Crippen LogP contribution in [-0.2, 0) is 11.2 Å².